The van der Waals surface area contributed by atoms with Crippen molar-refractivity contribution in [1.82, 2.24) is 15.1 Å². The van der Waals surface area contributed by atoms with Crippen LogP contribution >= 0.6 is 11.3 Å². The topological polar surface area (TPSA) is 67.3 Å². The van der Waals surface area contributed by atoms with Gasteiger partial charge in [-0.05, 0) is 18.8 Å². The van der Waals surface area contributed by atoms with Gasteiger partial charge < -0.3 is 4.74 Å². The molecule has 1 aliphatic carbocycles. The molecule has 1 saturated carbocycles. The van der Waals surface area contributed by atoms with Gasteiger partial charge in [0.05, 0.1) is 19.3 Å². The van der Waals surface area contributed by atoms with Gasteiger partial charge in [0.25, 0.3) is 0 Å². The lowest BCUT2D eigenvalue weighted by Crippen LogP contribution is -2.48. The van der Waals surface area contributed by atoms with Gasteiger partial charge in [-0.1, -0.05) is 30.6 Å². The normalized spacial score (nSPS) is 24.9. The Morgan fingerprint density at radius 2 is 2.29 bits per heavy atom. The minimum Gasteiger partial charge on any atom is -0.375 e. The summed E-state index contributed by atoms with van der Waals surface area (Å²) in [5.41, 5.74) is 1.61. The van der Waals surface area contributed by atoms with Gasteiger partial charge in [-0.15, -0.1) is 10.2 Å². The van der Waals surface area contributed by atoms with Crippen LogP contribution in [-0.2, 0) is 9.53 Å². The molecule has 7 heteroatoms. The SMILES string of the molecule is O=C(CN1CCO[C@@H](C2CCCCC2)C1)Nc1nncs1. The molecule has 0 bridgehead atoms. The Balaban J connectivity index is 1.47. The van der Waals surface area contributed by atoms with Crippen molar-refractivity contribution in [3.63, 3.8) is 0 Å². The molecule has 1 amide bonds. The molecule has 2 aliphatic rings. The number of aromatic nitrogens is 2. The Morgan fingerprint density at radius 1 is 1.43 bits per heavy atom. The highest BCUT2D eigenvalue weighted by Gasteiger charge is 2.29. The second-order valence-electron chi connectivity index (χ2n) is 5.83. The number of carbonyl (C=O) groups is 1. The molecular weight excluding hydrogens is 288 g/mol. The van der Waals surface area contributed by atoms with E-state index < -0.39 is 0 Å². The van der Waals surface area contributed by atoms with Crippen molar-refractivity contribution in [2.24, 2.45) is 5.92 Å². The first-order valence-electron chi connectivity index (χ1n) is 7.71. The number of ether oxygens (including phenoxy) is 1. The lowest BCUT2D eigenvalue weighted by atomic mass is 9.84. The van der Waals surface area contributed by atoms with E-state index in [-0.39, 0.29) is 5.91 Å². The maximum absolute atomic E-state index is 12.0. The summed E-state index contributed by atoms with van der Waals surface area (Å²) in [6.07, 6.45) is 6.85. The second-order valence-corrected chi connectivity index (χ2v) is 6.67. The third kappa shape index (κ3) is 4.21. The number of morpholine rings is 1. The summed E-state index contributed by atoms with van der Waals surface area (Å²) in [6.45, 7) is 2.83. The molecule has 1 saturated heterocycles. The van der Waals surface area contributed by atoms with Crippen molar-refractivity contribution >= 4 is 22.4 Å². The van der Waals surface area contributed by atoms with Gasteiger partial charge in [-0.2, -0.15) is 0 Å². The molecule has 116 valence electrons. The highest BCUT2D eigenvalue weighted by atomic mass is 32.1. The zero-order valence-electron chi connectivity index (χ0n) is 12.2. The van der Waals surface area contributed by atoms with Gasteiger partial charge in [0.2, 0.25) is 11.0 Å². The molecular formula is C14H22N4O2S. The van der Waals surface area contributed by atoms with Crippen molar-refractivity contribution in [2.75, 3.05) is 31.6 Å². The highest BCUT2D eigenvalue weighted by molar-refractivity contribution is 7.13. The van der Waals surface area contributed by atoms with Gasteiger partial charge in [0.1, 0.15) is 5.51 Å². The summed E-state index contributed by atoms with van der Waals surface area (Å²) in [5.74, 6) is 0.656. The Kier molecular flexibility index (Phi) is 5.16. The first kappa shape index (κ1) is 14.9. The van der Waals surface area contributed by atoms with Crippen LogP contribution in [0.15, 0.2) is 5.51 Å². The number of nitrogens with zero attached hydrogens (tertiary/aromatic N) is 3. The van der Waals surface area contributed by atoms with Crippen LogP contribution in [0.4, 0.5) is 5.13 Å². The van der Waals surface area contributed by atoms with E-state index in [0.717, 1.165) is 19.7 Å². The lowest BCUT2D eigenvalue weighted by Gasteiger charge is -2.38. The highest BCUT2D eigenvalue weighted by Crippen LogP contribution is 2.29. The summed E-state index contributed by atoms with van der Waals surface area (Å²) >= 11 is 1.34. The minimum atomic E-state index is -0.0176. The fraction of sp³-hybridized carbons (Fsp3) is 0.786. The van der Waals surface area contributed by atoms with E-state index in [1.54, 1.807) is 5.51 Å². The molecule has 0 unspecified atom stereocenters. The molecule has 1 aromatic rings. The quantitative estimate of drug-likeness (QED) is 0.918. The maximum atomic E-state index is 12.0. The summed E-state index contributed by atoms with van der Waals surface area (Å²) in [4.78, 5) is 14.2. The van der Waals surface area contributed by atoms with Crippen LogP contribution in [0.3, 0.4) is 0 Å². The number of anilines is 1. The fourth-order valence-electron chi connectivity index (χ4n) is 3.26. The summed E-state index contributed by atoms with van der Waals surface area (Å²) in [6, 6.07) is 0. The molecule has 0 radical (unpaired) electrons. The largest absolute Gasteiger partial charge is 0.375 e. The third-order valence-corrected chi connectivity index (χ3v) is 4.93. The van der Waals surface area contributed by atoms with E-state index in [4.69, 9.17) is 4.74 Å². The average molecular weight is 310 g/mol. The van der Waals surface area contributed by atoms with Gasteiger partial charge in [-0.3, -0.25) is 15.0 Å². The predicted molar refractivity (Wildman–Crippen MR) is 81.3 cm³/mol. The van der Waals surface area contributed by atoms with Gasteiger partial charge in [0, 0.05) is 13.1 Å². The summed E-state index contributed by atoms with van der Waals surface area (Å²) in [7, 11) is 0. The zero-order chi connectivity index (χ0) is 14.5. The van der Waals surface area contributed by atoms with Crippen LogP contribution in [0.2, 0.25) is 0 Å². The minimum absolute atomic E-state index is 0.0176. The Hall–Kier alpha value is -1.05. The average Bonchev–Trinajstić information content (AvgIpc) is 3.01. The standard InChI is InChI=1S/C14H22N4O2S/c19-13(16-14-17-15-10-21-14)9-18-6-7-20-12(8-18)11-4-2-1-3-5-11/h10-12H,1-9H2,(H,16,17,19)/t12-/m1/s1. The second kappa shape index (κ2) is 7.29. The van der Waals surface area contributed by atoms with Crippen molar-refractivity contribution in [1.29, 1.82) is 0 Å². The van der Waals surface area contributed by atoms with Crippen LogP contribution in [0, 0.1) is 5.92 Å². The monoisotopic (exact) mass is 310 g/mol. The lowest BCUT2D eigenvalue weighted by molar-refractivity contribution is -0.120. The smallest absolute Gasteiger partial charge is 0.240 e. The van der Waals surface area contributed by atoms with Crippen LogP contribution in [0.5, 0.6) is 0 Å². The Labute approximate surface area is 128 Å². The molecule has 1 aliphatic heterocycles. The Morgan fingerprint density at radius 3 is 3.05 bits per heavy atom. The maximum Gasteiger partial charge on any atom is 0.240 e. The van der Waals surface area contributed by atoms with E-state index in [2.05, 4.69) is 20.4 Å². The predicted octanol–water partition coefficient (Wildman–Crippen LogP) is 1.76. The first-order chi connectivity index (χ1) is 10.3. The van der Waals surface area contributed by atoms with Crippen LogP contribution in [0.1, 0.15) is 32.1 Å². The molecule has 1 N–H and O–H groups in total. The number of amides is 1. The number of nitrogens with one attached hydrogen (secondary N) is 1. The molecule has 1 atom stereocenters. The van der Waals surface area contributed by atoms with Crippen LogP contribution in [0.25, 0.3) is 0 Å². The number of carbonyl (C=O) groups excluding carboxylic acids is 1. The van der Waals surface area contributed by atoms with Gasteiger partial charge >= 0.3 is 0 Å². The first-order valence-corrected chi connectivity index (χ1v) is 8.59. The molecule has 21 heavy (non-hydrogen) atoms. The number of hydrogen-bond donors (Lipinski definition) is 1. The van der Waals surface area contributed by atoms with Crippen molar-refractivity contribution < 1.29 is 9.53 Å². The fourth-order valence-corrected chi connectivity index (χ4v) is 3.72. The zero-order valence-corrected chi connectivity index (χ0v) is 13.0. The molecule has 6 nitrogen and oxygen atoms in total. The van der Waals surface area contributed by atoms with E-state index in [1.165, 1.54) is 43.4 Å². The molecule has 0 aromatic carbocycles. The van der Waals surface area contributed by atoms with Crippen molar-refractivity contribution in [3.05, 3.63) is 5.51 Å². The molecule has 0 spiro atoms. The number of hydrogen-bond acceptors (Lipinski definition) is 6. The van der Waals surface area contributed by atoms with Crippen LogP contribution in [-0.4, -0.2) is 53.3 Å². The van der Waals surface area contributed by atoms with Crippen molar-refractivity contribution in [3.8, 4) is 0 Å². The van der Waals surface area contributed by atoms with Gasteiger partial charge in [-0.25, -0.2) is 0 Å². The summed E-state index contributed by atoms with van der Waals surface area (Å²) < 4.78 is 5.94. The third-order valence-electron chi connectivity index (χ3n) is 4.33. The van der Waals surface area contributed by atoms with Crippen LogP contribution < -0.4 is 5.32 Å². The molecule has 2 heterocycles. The van der Waals surface area contributed by atoms with E-state index in [1.807, 2.05) is 0 Å². The summed E-state index contributed by atoms with van der Waals surface area (Å²) in [5, 5.41) is 10.9. The number of rotatable bonds is 4. The van der Waals surface area contributed by atoms with E-state index in [9.17, 15) is 4.79 Å². The molecule has 3 rings (SSSR count). The molecule has 1 aromatic heterocycles. The molecule has 2 fully saturated rings. The van der Waals surface area contributed by atoms with E-state index in [0.29, 0.717) is 23.7 Å². The Bertz CT molecular complexity index is 448. The van der Waals surface area contributed by atoms with Crippen molar-refractivity contribution in [2.45, 2.75) is 38.2 Å². The van der Waals surface area contributed by atoms with E-state index >= 15 is 0 Å². The van der Waals surface area contributed by atoms with Gasteiger partial charge in [0.15, 0.2) is 0 Å².